The fourth-order valence-corrected chi connectivity index (χ4v) is 0.963. The van der Waals surface area contributed by atoms with Crippen LogP contribution in [0.3, 0.4) is 0 Å². The van der Waals surface area contributed by atoms with E-state index in [2.05, 4.69) is 0 Å². The van der Waals surface area contributed by atoms with Crippen LogP contribution in [-0.2, 0) is 7.05 Å². The summed E-state index contributed by atoms with van der Waals surface area (Å²) in [4.78, 5) is 11.2. The van der Waals surface area contributed by atoms with Gasteiger partial charge in [0.25, 0.3) is 5.56 Å². The largest absolute Gasteiger partial charge is 0.496 e. The minimum atomic E-state index is -0.00986. The Hall–Kier alpha value is -1.25. The normalized spacial score (nSPS) is 9.73. The molecule has 11 heavy (non-hydrogen) atoms. The lowest BCUT2D eigenvalue weighted by molar-refractivity contribution is 0.409. The average molecular weight is 153 g/mol. The van der Waals surface area contributed by atoms with Crippen molar-refractivity contribution in [2.24, 2.45) is 7.05 Å². The molecule has 3 nitrogen and oxygen atoms in total. The van der Waals surface area contributed by atoms with E-state index in [1.54, 1.807) is 33.3 Å². The Morgan fingerprint density at radius 3 is 2.73 bits per heavy atom. The van der Waals surface area contributed by atoms with Gasteiger partial charge in [-0.1, -0.05) is 0 Å². The molecule has 0 aliphatic heterocycles. The number of nitrogens with zero attached hydrogens (tertiary/aromatic N) is 1. The van der Waals surface area contributed by atoms with Gasteiger partial charge < -0.3 is 9.30 Å². The Labute approximate surface area is 65.2 Å². The molecule has 0 spiro atoms. The lowest BCUT2D eigenvalue weighted by Gasteiger charge is -2.04. The number of ether oxygens (including phenoxy) is 1. The number of aryl methyl sites for hydroxylation is 1. The first kappa shape index (κ1) is 7.85. The van der Waals surface area contributed by atoms with Gasteiger partial charge in [-0.2, -0.15) is 0 Å². The molecule has 1 aromatic rings. The highest BCUT2D eigenvalue weighted by Crippen LogP contribution is 2.10. The Kier molecular flexibility index (Phi) is 1.98. The summed E-state index contributed by atoms with van der Waals surface area (Å²) in [6.45, 7) is 1.75. The van der Waals surface area contributed by atoms with Gasteiger partial charge >= 0.3 is 0 Å². The van der Waals surface area contributed by atoms with Crippen LogP contribution in [-0.4, -0.2) is 11.7 Å². The van der Waals surface area contributed by atoms with E-state index in [0.29, 0.717) is 11.3 Å². The summed E-state index contributed by atoms with van der Waals surface area (Å²) in [7, 11) is 3.27. The zero-order valence-electron chi connectivity index (χ0n) is 6.92. The summed E-state index contributed by atoms with van der Waals surface area (Å²) in [5.74, 6) is 0.646. The zero-order chi connectivity index (χ0) is 8.43. The molecule has 0 fully saturated rings. The summed E-state index contributed by atoms with van der Waals surface area (Å²) < 4.78 is 6.49. The molecule has 0 aliphatic rings. The van der Waals surface area contributed by atoms with Crippen LogP contribution in [0.1, 0.15) is 5.56 Å². The maximum Gasteiger partial charge on any atom is 0.256 e. The number of hydrogen-bond acceptors (Lipinski definition) is 2. The third-order valence-electron chi connectivity index (χ3n) is 1.68. The van der Waals surface area contributed by atoms with Crippen molar-refractivity contribution >= 4 is 0 Å². The van der Waals surface area contributed by atoms with Gasteiger partial charge in [-0.25, -0.2) is 0 Å². The minimum absolute atomic E-state index is 0.00986. The monoisotopic (exact) mass is 153 g/mol. The highest BCUT2D eigenvalue weighted by atomic mass is 16.5. The van der Waals surface area contributed by atoms with E-state index in [4.69, 9.17) is 4.74 Å². The van der Waals surface area contributed by atoms with E-state index >= 15 is 0 Å². The summed E-state index contributed by atoms with van der Waals surface area (Å²) in [6.07, 6.45) is 1.69. The number of methoxy groups -OCH3 is 1. The third-order valence-corrected chi connectivity index (χ3v) is 1.68. The summed E-state index contributed by atoms with van der Waals surface area (Å²) in [6, 6.07) is 1.77. The number of aromatic nitrogens is 1. The molecule has 0 radical (unpaired) electrons. The van der Waals surface area contributed by atoms with Crippen molar-refractivity contribution in [3.63, 3.8) is 0 Å². The maximum absolute atomic E-state index is 11.2. The van der Waals surface area contributed by atoms with Crippen LogP contribution in [0, 0.1) is 6.92 Å². The van der Waals surface area contributed by atoms with Gasteiger partial charge in [0.15, 0.2) is 0 Å². The number of rotatable bonds is 1. The second-order valence-electron chi connectivity index (χ2n) is 2.43. The molecule has 0 saturated heterocycles. The van der Waals surface area contributed by atoms with Gasteiger partial charge in [0.2, 0.25) is 0 Å². The summed E-state index contributed by atoms with van der Waals surface area (Å²) in [5.41, 5.74) is 0.641. The van der Waals surface area contributed by atoms with Crippen LogP contribution < -0.4 is 10.3 Å². The van der Waals surface area contributed by atoms with Crippen LogP contribution in [0.2, 0.25) is 0 Å². The first-order chi connectivity index (χ1) is 5.16. The minimum Gasteiger partial charge on any atom is -0.496 e. The fraction of sp³-hybridized carbons (Fsp3) is 0.375. The van der Waals surface area contributed by atoms with Gasteiger partial charge in [0.05, 0.1) is 12.7 Å². The van der Waals surface area contributed by atoms with E-state index in [0.717, 1.165) is 0 Å². The van der Waals surface area contributed by atoms with Crippen molar-refractivity contribution < 1.29 is 4.74 Å². The van der Waals surface area contributed by atoms with E-state index in [-0.39, 0.29) is 5.56 Å². The molecular weight excluding hydrogens is 142 g/mol. The van der Waals surface area contributed by atoms with E-state index in [9.17, 15) is 4.79 Å². The van der Waals surface area contributed by atoms with Crippen molar-refractivity contribution in [3.05, 3.63) is 28.2 Å². The van der Waals surface area contributed by atoms with Crippen molar-refractivity contribution in [1.29, 1.82) is 0 Å². The molecule has 0 atom stereocenters. The molecule has 0 N–H and O–H groups in total. The topological polar surface area (TPSA) is 31.2 Å². The van der Waals surface area contributed by atoms with Crippen molar-refractivity contribution in [2.45, 2.75) is 6.92 Å². The van der Waals surface area contributed by atoms with Crippen LogP contribution >= 0.6 is 0 Å². The standard InChI is InChI=1S/C8H11NO2/c1-6-7(11-3)4-5-9(2)8(6)10/h4-5H,1-3H3. The van der Waals surface area contributed by atoms with Gasteiger partial charge in [-0.15, -0.1) is 0 Å². The lowest BCUT2D eigenvalue weighted by Crippen LogP contribution is -2.18. The highest BCUT2D eigenvalue weighted by Gasteiger charge is 2.01. The molecule has 0 aliphatic carbocycles. The quantitative estimate of drug-likeness (QED) is 0.594. The molecule has 0 saturated carbocycles. The Bertz CT molecular complexity index is 314. The Morgan fingerprint density at radius 1 is 1.55 bits per heavy atom. The molecule has 1 aromatic heterocycles. The molecule has 0 aromatic carbocycles. The molecular formula is C8H11NO2. The van der Waals surface area contributed by atoms with Crippen LogP contribution in [0.25, 0.3) is 0 Å². The smallest absolute Gasteiger partial charge is 0.256 e. The molecule has 1 rings (SSSR count). The molecule has 0 bridgehead atoms. The highest BCUT2D eigenvalue weighted by molar-refractivity contribution is 5.28. The Morgan fingerprint density at radius 2 is 2.18 bits per heavy atom. The molecule has 3 heteroatoms. The fourth-order valence-electron chi connectivity index (χ4n) is 0.963. The third kappa shape index (κ3) is 1.27. The van der Waals surface area contributed by atoms with Crippen molar-refractivity contribution in [3.8, 4) is 5.75 Å². The van der Waals surface area contributed by atoms with Crippen LogP contribution in [0.4, 0.5) is 0 Å². The SMILES string of the molecule is COc1ccn(C)c(=O)c1C. The van der Waals surface area contributed by atoms with E-state index in [1.807, 2.05) is 0 Å². The van der Waals surface area contributed by atoms with Gasteiger partial charge in [-0.3, -0.25) is 4.79 Å². The van der Waals surface area contributed by atoms with Gasteiger partial charge in [0, 0.05) is 13.2 Å². The second-order valence-corrected chi connectivity index (χ2v) is 2.43. The average Bonchev–Trinajstić information content (AvgIpc) is 2.01. The predicted octanol–water partition coefficient (Wildman–Crippen LogP) is 0.702. The molecule has 60 valence electrons. The van der Waals surface area contributed by atoms with Gasteiger partial charge in [0.1, 0.15) is 5.75 Å². The van der Waals surface area contributed by atoms with Crippen LogP contribution in [0.5, 0.6) is 5.75 Å². The molecule has 0 amide bonds. The first-order valence-corrected chi connectivity index (χ1v) is 3.37. The number of hydrogen-bond donors (Lipinski definition) is 0. The number of pyridine rings is 1. The van der Waals surface area contributed by atoms with Crippen molar-refractivity contribution in [2.75, 3.05) is 7.11 Å². The summed E-state index contributed by atoms with van der Waals surface area (Å²) >= 11 is 0. The second kappa shape index (κ2) is 2.78. The predicted molar refractivity (Wildman–Crippen MR) is 43.0 cm³/mol. The lowest BCUT2D eigenvalue weighted by atomic mass is 10.3. The van der Waals surface area contributed by atoms with Gasteiger partial charge in [-0.05, 0) is 13.0 Å². The Balaban J connectivity index is 3.37. The molecule has 1 heterocycles. The van der Waals surface area contributed by atoms with Crippen molar-refractivity contribution in [1.82, 2.24) is 4.57 Å². The maximum atomic E-state index is 11.2. The summed E-state index contributed by atoms with van der Waals surface area (Å²) in [5, 5.41) is 0. The molecule has 0 unspecified atom stereocenters. The zero-order valence-corrected chi connectivity index (χ0v) is 6.92. The van der Waals surface area contributed by atoms with Crippen LogP contribution in [0.15, 0.2) is 17.1 Å². The first-order valence-electron chi connectivity index (χ1n) is 3.37. The van der Waals surface area contributed by atoms with E-state index in [1.165, 1.54) is 4.57 Å². The van der Waals surface area contributed by atoms with E-state index < -0.39 is 0 Å².